The molecule has 0 atom stereocenters. The summed E-state index contributed by atoms with van der Waals surface area (Å²) in [6, 6.07) is 0.798. The van der Waals surface area contributed by atoms with Crippen molar-refractivity contribution in [2.24, 2.45) is 0 Å². The second kappa shape index (κ2) is 4.99. The maximum atomic E-state index is 14.5. The Balaban J connectivity index is 2.39. The van der Waals surface area contributed by atoms with Gasteiger partial charge in [-0.05, 0) is 6.07 Å². The van der Waals surface area contributed by atoms with Crippen molar-refractivity contribution < 1.29 is 18.7 Å². The molecule has 3 aromatic rings. The second-order valence-corrected chi connectivity index (χ2v) is 4.43. The van der Waals surface area contributed by atoms with E-state index in [1.165, 1.54) is 18.7 Å². The van der Waals surface area contributed by atoms with E-state index in [2.05, 4.69) is 15.0 Å². The lowest BCUT2D eigenvalue weighted by Crippen LogP contribution is -2.16. The number of pyridine rings is 1. The molecule has 2 aromatic heterocycles. The van der Waals surface area contributed by atoms with Gasteiger partial charge < -0.3 is 10.1 Å². The minimum Gasteiger partial charge on any atom is -0.477 e. The van der Waals surface area contributed by atoms with Crippen molar-refractivity contribution in [3.05, 3.63) is 58.4 Å². The van der Waals surface area contributed by atoms with Crippen LogP contribution >= 0.6 is 0 Å². The van der Waals surface area contributed by atoms with E-state index < -0.39 is 34.2 Å². The average molecular weight is 303 g/mol. The van der Waals surface area contributed by atoms with Crippen molar-refractivity contribution >= 4 is 16.9 Å². The number of rotatable bonds is 2. The molecule has 2 N–H and O–H groups in total. The van der Waals surface area contributed by atoms with Crippen LogP contribution in [0.1, 0.15) is 10.4 Å². The lowest BCUT2D eigenvalue weighted by Gasteiger charge is -2.08. The Kier molecular flexibility index (Phi) is 3.13. The molecule has 6 nitrogen and oxygen atoms in total. The van der Waals surface area contributed by atoms with Gasteiger partial charge in [-0.2, -0.15) is 0 Å². The Morgan fingerprint density at radius 1 is 1.23 bits per heavy atom. The Labute approximate surface area is 121 Å². The maximum absolute atomic E-state index is 14.5. The SMILES string of the molecule is O=C(O)c1c[nH]c2c(F)c(-c3cncnc3)c(F)cc2c1=O. The number of carbonyl (C=O) groups is 1. The van der Waals surface area contributed by atoms with Crippen LogP contribution in [-0.2, 0) is 0 Å². The molecule has 0 radical (unpaired) electrons. The standard InChI is InChI=1S/C14H7F2N3O3/c15-9-1-7-12(19-4-8(13(7)20)14(21)22)11(16)10(9)6-2-17-5-18-3-6/h1-5H,(H,19,20)(H,21,22). The molecule has 3 rings (SSSR count). The predicted molar refractivity (Wildman–Crippen MR) is 72.5 cm³/mol. The highest BCUT2D eigenvalue weighted by molar-refractivity contribution is 5.93. The first-order valence-electron chi connectivity index (χ1n) is 6.02. The number of carboxylic acid groups (broad SMARTS) is 1. The summed E-state index contributed by atoms with van der Waals surface area (Å²) in [5.74, 6) is -3.50. The van der Waals surface area contributed by atoms with Gasteiger partial charge in [-0.15, -0.1) is 0 Å². The quantitative estimate of drug-likeness (QED) is 0.754. The fraction of sp³-hybridized carbons (Fsp3) is 0. The van der Waals surface area contributed by atoms with Gasteiger partial charge in [-0.3, -0.25) is 4.79 Å². The maximum Gasteiger partial charge on any atom is 0.341 e. The lowest BCUT2D eigenvalue weighted by atomic mass is 10.0. The molecule has 0 bridgehead atoms. The van der Waals surface area contributed by atoms with Gasteiger partial charge >= 0.3 is 5.97 Å². The van der Waals surface area contributed by atoms with Gasteiger partial charge in [0.1, 0.15) is 17.7 Å². The highest BCUT2D eigenvalue weighted by Gasteiger charge is 2.20. The Hall–Kier alpha value is -3.16. The summed E-state index contributed by atoms with van der Waals surface area (Å²) >= 11 is 0. The number of hydrogen-bond acceptors (Lipinski definition) is 4. The number of fused-ring (bicyclic) bond motifs is 1. The Bertz CT molecular complexity index is 955. The van der Waals surface area contributed by atoms with E-state index in [0.717, 1.165) is 12.3 Å². The third-order valence-electron chi connectivity index (χ3n) is 3.15. The van der Waals surface area contributed by atoms with Gasteiger partial charge in [0.15, 0.2) is 5.82 Å². The molecular weight excluding hydrogens is 296 g/mol. The topological polar surface area (TPSA) is 95.9 Å². The Morgan fingerprint density at radius 2 is 1.91 bits per heavy atom. The van der Waals surface area contributed by atoms with Crippen LogP contribution in [0.5, 0.6) is 0 Å². The van der Waals surface area contributed by atoms with E-state index in [1.54, 1.807) is 0 Å². The van der Waals surface area contributed by atoms with Gasteiger partial charge in [0.25, 0.3) is 0 Å². The zero-order chi connectivity index (χ0) is 15.9. The number of benzene rings is 1. The van der Waals surface area contributed by atoms with Crippen molar-refractivity contribution in [2.45, 2.75) is 0 Å². The summed E-state index contributed by atoms with van der Waals surface area (Å²) in [6.07, 6.45) is 4.54. The lowest BCUT2D eigenvalue weighted by molar-refractivity contribution is 0.0695. The van der Waals surface area contributed by atoms with Crippen molar-refractivity contribution in [1.29, 1.82) is 0 Å². The number of H-pyrrole nitrogens is 1. The summed E-state index contributed by atoms with van der Waals surface area (Å²) in [6.45, 7) is 0. The van der Waals surface area contributed by atoms with Crippen LogP contribution in [0.3, 0.4) is 0 Å². The van der Waals surface area contributed by atoms with Crippen molar-refractivity contribution in [1.82, 2.24) is 15.0 Å². The molecule has 0 aliphatic heterocycles. The number of aromatic nitrogens is 3. The number of hydrogen-bond donors (Lipinski definition) is 2. The third kappa shape index (κ3) is 2.01. The van der Waals surface area contributed by atoms with Crippen molar-refractivity contribution in [3.8, 4) is 11.1 Å². The smallest absolute Gasteiger partial charge is 0.341 e. The molecule has 0 spiro atoms. The van der Waals surface area contributed by atoms with Crippen molar-refractivity contribution in [3.63, 3.8) is 0 Å². The molecule has 8 heteroatoms. The van der Waals surface area contributed by atoms with E-state index in [1.807, 2.05) is 0 Å². The van der Waals surface area contributed by atoms with E-state index in [9.17, 15) is 18.4 Å². The number of halogens is 2. The summed E-state index contributed by atoms with van der Waals surface area (Å²) in [7, 11) is 0. The summed E-state index contributed by atoms with van der Waals surface area (Å²) in [4.78, 5) is 32.6. The fourth-order valence-electron chi connectivity index (χ4n) is 2.15. The molecule has 110 valence electrons. The molecule has 0 saturated carbocycles. The number of nitrogens with one attached hydrogen (secondary N) is 1. The molecule has 1 aromatic carbocycles. The number of carboxylic acids is 1. The van der Waals surface area contributed by atoms with E-state index in [0.29, 0.717) is 0 Å². The van der Waals surface area contributed by atoms with Gasteiger partial charge in [0, 0.05) is 24.2 Å². The monoisotopic (exact) mass is 303 g/mol. The molecule has 0 aliphatic carbocycles. The van der Waals surface area contributed by atoms with Gasteiger partial charge in [0.05, 0.1) is 16.5 Å². The van der Waals surface area contributed by atoms with Crippen molar-refractivity contribution in [2.75, 3.05) is 0 Å². The Morgan fingerprint density at radius 3 is 2.55 bits per heavy atom. The number of aromatic amines is 1. The minimum absolute atomic E-state index is 0.0996. The first-order chi connectivity index (χ1) is 10.5. The van der Waals surface area contributed by atoms with E-state index in [4.69, 9.17) is 5.11 Å². The summed E-state index contributed by atoms with van der Waals surface area (Å²) in [5.41, 5.74) is -2.14. The number of nitrogens with zero attached hydrogens (tertiary/aromatic N) is 2. The summed E-state index contributed by atoms with van der Waals surface area (Å²) < 4.78 is 28.7. The minimum atomic E-state index is -1.48. The normalized spacial score (nSPS) is 10.8. The molecule has 0 amide bonds. The molecule has 22 heavy (non-hydrogen) atoms. The first kappa shape index (κ1) is 13.8. The average Bonchev–Trinajstić information content (AvgIpc) is 2.49. The van der Waals surface area contributed by atoms with Crippen LogP contribution in [0.15, 0.2) is 35.8 Å². The van der Waals surface area contributed by atoms with Crippen LogP contribution in [-0.4, -0.2) is 26.0 Å². The fourth-order valence-corrected chi connectivity index (χ4v) is 2.15. The molecule has 2 heterocycles. The van der Waals surface area contributed by atoms with Gasteiger partial charge in [-0.25, -0.2) is 23.5 Å². The number of aromatic carboxylic acids is 1. The summed E-state index contributed by atoms with van der Waals surface area (Å²) in [5, 5.41) is 8.49. The zero-order valence-electron chi connectivity index (χ0n) is 10.8. The highest BCUT2D eigenvalue weighted by Crippen LogP contribution is 2.29. The van der Waals surface area contributed by atoms with Gasteiger partial charge in [-0.1, -0.05) is 0 Å². The molecule has 0 fully saturated rings. The molecular formula is C14H7F2N3O3. The van der Waals surface area contributed by atoms with Crippen LogP contribution in [0.4, 0.5) is 8.78 Å². The van der Waals surface area contributed by atoms with Crippen LogP contribution in [0, 0.1) is 11.6 Å². The first-order valence-corrected chi connectivity index (χ1v) is 6.02. The molecule has 0 saturated heterocycles. The second-order valence-electron chi connectivity index (χ2n) is 4.43. The van der Waals surface area contributed by atoms with E-state index in [-0.39, 0.29) is 16.5 Å². The largest absolute Gasteiger partial charge is 0.477 e. The van der Waals surface area contributed by atoms with E-state index >= 15 is 0 Å². The third-order valence-corrected chi connectivity index (χ3v) is 3.15. The molecule has 0 unspecified atom stereocenters. The predicted octanol–water partition coefficient (Wildman–Crippen LogP) is 1.96. The molecule has 0 aliphatic rings. The zero-order valence-corrected chi connectivity index (χ0v) is 10.8. The van der Waals surface area contributed by atoms with Crippen LogP contribution in [0.25, 0.3) is 22.0 Å². The van der Waals surface area contributed by atoms with Crippen LogP contribution < -0.4 is 5.43 Å². The highest BCUT2D eigenvalue weighted by atomic mass is 19.1. The van der Waals surface area contributed by atoms with Gasteiger partial charge in [0.2, 0.25) is 5.43 Å². The van der Waals surface area contributed by atoms with Crippen LogP contribution in [0.2, 0.25) is 0 Å².